The number of hydrogen-bond donors (Lipinski definition) is 0. The van der Waals surface area contributed by atoms with Gasteiger partial charge in [0.05, 0.1) is 82.7 Å². The van der Waals surface area contributed by atoms with Crippen LogP contribution in [0.4, 0.5) is 0 Å². The average molecular weight is 1610 g/mol. The van der Waals surface area contributed by atoms with Crippen molar-refractivity contribution in [2.45, 2.75) is 308 Å². The molecule has 0 fully saturated rings. The van der Waals surface area contributed by atoms with Gasteiger partial charge in [0.2, 0.25) is 0 Å². The zero-order valence-electron chi connectivity index (χ0n) is 68.6. The van der Waals surface area contributed by atoms with Crippen LogP contribution in [-0.2, 0) is 17.4 Å². The second-order valence-electron chi connectivity index (χ2n) is 29.0. The molecule has 0 aliphatic rings. The first-order valence-corrected chi connectivity index (χ1v) is 46.1. The van der Waals surface area contributed by atoms with Crippen LogP contribution in [-0.4, -0.2) is 98.3 Å². The molecule has 0 N–H and O–H groups in total. The van der Waals surface area contributed by atoms with Gasteiger partial charge in [0.25, 0.3) is 0 Å². The number of ether oxygens (including phenoxy) is 1. The average Bonchev–Trinajstić information content (AvgIpc) is 0.754. The van der Waals surface area contributed by atoms with Gasteiger partial charge < -0.3 is 67.9 Å². The first-order chi connectivity index (χ1) is 47.3. The highest BCUT2D eigenvalue weighted by Crippen LogP contribution is 2.61. The van der Waals surface area contributed by atoms with Crippen molar-refractivity contribution in [3.8, 4) is 0 Å². The molecular formula is C91H160BrCl4N2OP3. The van der Waals surface area contributed by atoms with Gasteiger partial charge in [0.15, 0.2) is 0 Å². The molecule has 0 radical (unpaired) electrons. The number of methoxy groups -OCH3 is 1. The SMILES string of the molecule is CCCCC(=CC(P)CCCC)CCCC.CCCC[N+](CCCC)(CCCC)CCCC.CCCC[N+](CCCC)(CCCC)Cc1ccccc1.CCCC[P+](CCCC)(CCCC)CC(C)OC.Cl.[Br-].[Cl-].[Cl-].[Cl-].c1ccc(C[P+](c2ccccc2)(c2ccccc2)c2ccccc2)cc1. The number of hydrogen-bond acceptors (Lipinski definition) is 1. The second-order valence-corrected chi connectivity index (χ2v) is 37.7. The van der Waals surface area contributed by atoms with Gasteiger partial charge in [-0.3, -0.25) is 0 Å². The molecule has 590 valence electrons. The standard InChI is InChI=1S/C25H22P.C19H34N.C16H36N.C16H36OP.C15H31P.BrH.4ClH/c1-5-13-22(14-6-1)21-26(23-15-7-2-8-16-23,24-17-9-3-10-18-24)25-19-11-4-12-20-25;1-4-7-15-20(16-8-5-2,17-9-6-3)18-19-13-11-10-12-14-19;1-5-9-13-17(14-10-6-2,15-11-7-3)16-12-8-4;1-6-9-12-18(13-10-7-2,14-11-8-3)15-16(4)17-5;1-4-7-10-14(11-8-5-2)13-15(16)12-9-6-3;;;;;/h1-20H,21H2;10-14H,4-9,15-18H2,1-3H3;5-16H2,1-4H3;16H,6-15H2,1-5H3;13,15H,4-12,16H2,1-3H3;5*1H/q4*+1;;;;;;/p-4. The van der Waals surface area contributed by atoms with Gasteiger partial charge in [-0.15, -0.1) is 21.6 Å². The Morgan fingerprint density at radius 3 is 0.941 bits per heavy atom. The maximum absolute atomic E-state index is 5.57. The van der Waals surface area contributed by atoms with Crippen LogP contribution in [0.1, 0.15) is 294 Å². The van der Waals surface area contributed by atoms with Crippen LogP contribution in [0.2, 0.25) is 0 Å². The Hall–Kier alpha value is -1.35. The van der Waals surface area contributed by atoms with E-state index in [1.807, 2.05) is 7.11 Å². The molecule has 3 atom stereocenters. The largest absolute Gasteiger partial charge is 1.00 e. The number of allylic oxidation sites excluding steroid dienone is 2. The lowest BCUT2D eigenvalue weighted by atomic mass is 10.0. The van der Waals surface area contributed by atoms with Crippen LogP contribution >= 0.6 is 36.2 Å². The molecule has 0 heterocycles. The minimum Gasteiger partial charge on any atom is -1.00 e. The summed E-state index contributed by atoms with van der Waals surface area (Å²) >= 11 is 0. The number of rotatable bonds is 50. The van der Waals surface area contributed by atoms with Crippen LogP contribution in [0.25, 0.3) is 0 Å². The second kappa shape index (κ2) is 72.5. The third-order valence-electron chi connectivity index (χ3n) is 20.2. The maximum atomic E-state index is 5.57. The number of nitrogens with zero attached hydrogens (tertiary/aromatic N) is 2. The van der Waals surface area contributed by atoms with Crippen molar-refractivity contribution in [1.29, 1.82) is 0 Å². The Labute approximate surface area is 674 Å². The van der Waals surface area contributed by atoms with Crippen molar-refractivity contribution in [3.05, 3.63) is 174 Å². The lowest BCUT2D eigenvalue weighted by Gasteiger charge is -2.39. The zero-order valence-corrected chi connectivity index (χ0v) is 76.2. The first-order valence-electron chi connectivity index (χ1n) is 40.9. The summed E-state index contributed by atoms with van der Waals surface area (Å²) in [5.41, 5.74) is 5.32. The zero-order chi connectivity index (χ0) is 71.4. The minimum atomic E-state index is -1.78. The molecule has 0 amide bonds. The first kappa shape index (κ1) is 109. The molecule has 3 nitrogen and oxygen atoms in total. The molecule has 0 saturated heterocycles. The van der Waals surface area contributed by atoms with Crippen LogP contribution in [0.3, 0.4) is 0 Å². The minimum absolute atomic E-state index is 0. The van der Waals surface area contributed by atoms with Crippen molar-refractivity contribution in [2.24, 2.45) is 0 Å². The molecule has 5 aromatic rings. The molecule has 102 heavy (non-hydrogen) atoms. The highest BCUT2D eigenvalue weighted by molar-refractivity contribution is 7.95. The third kappa shape index (κ3) is 48.2. The predicted molar refractivity (Wildman–Crippen MR) is 459 cm³/mol. The molecule has 3 unspecified atom stereocenters. The summed E-state index contributed by atoms with van der Waals surface area (Å²) in [7, 11) is 2.36. The lowest BCUT2D eigenvalue weighted by Crippen LogP contribution is -3.00. The van der Waals surface area contributed by atoms with Gasteiger partial charge in [0, 0.05) is 19.9 Å². The molecule has 0 aliphatic heterocycles. The smallest absolute Gasteiger partial charge is 0.116 e. The monoisotopic (exact) mass is 1610 g/mol. The highest BCUT2D eigenvalue weighted by Gasteiger charge is 2.45. The van der Waals surface area contributed by atoms with E-state index in [1.54, 1.807) is 5.57 Å². The topological polar surface area (TPSA) is 9.23 Å². The van der Waals surface area contributed by atoms with Crippen molar-refractivity contribution in [1.82, 2.24) is 0 Å². The third-order valence-corrected chi connectivity index (χ3v) is 30.2. The van der Waals surface area contributed by atoms with E-state index < -0.39 is 14.5 Å². The molecule has 5 aromatic carbocycles. The maximum Gasteiger partial charge on any atom is 0.116 e. The van der Waals surface area contributed by atoms with Crippen LogP contribution in [0.15, 0.2) is 163 Å². The van der Waals surface area contributed by atoms with Gasteiger partial charge >= 0.3 is 0 Å². The number of unbranched alkanes of at least 4 members (excludes halogenated alkanes) is 13. The van der Waals surface area contributed by atoms with E-state index in [-0.39, 0.29) is 66.6 Å². The van der Waals surface area contributed by atoms with Crippen molar-refractivity contribution in [2.75, 3.05) is 77.6 Å². The van der Waals surface area contributed by atoms with Gasteiger partial charge in [-0.25, -0.2) is 0 Å². The van der Waals surface area contributed by atoms with E-state index in [0.29, 0.717) is 11.8 Å². The van der Waals surface area contributed by atoms with Crippen LogP contribution in [0, 0.1) is 0 Å². The summed E-state index contributed by atoms with van der Waals surface area (Å²) in [6, 6.07) is 55.1. The molecule has 11 heteroatoms. The van der Waals surface area contributed by atoms with E-state index in [4.69, 9.17) is 4.74 Å². The summed E-state index contributed by atoms with van der Waals surface area (Å²) in [6.45, 7) is 43.3. The van der Waals surface area contributed by atoms with Crippen molar-refractivity contribution in [3.63, 3.8) is 0 Å². The molecular weight excluding hydrogens is 1450 g/mol. The van der Waals surface area contributed by atoms with Crippen molar-refractivity contribution >= 4 is 52.1 Å². The fraction of sp³-hybridized carbons (Fsp3) is 0.648. The van der Waals surface area contributed by atoms with Crippen molar-refractivity contribution < 1.29 is 67.9 Å². The number of quaternary nitrogens is 2. The fourth-order valence-electron chi connectivity index (χ4n) is 13.9. The van der Waals surface area contributed by atoms with Crippen LogP contribution in [0.5, 0.6) is 0 Å². The number of halogens is 5. The summed E-state index contributed by atoms with van der Waals surface area (Å²) in [6.07, 6.45) is 49.4. The van der Waals surface area contributed by atoms with Gasteiger partial charge in [-0.2, -0.15) is 0 Å². The van der Waals surface area contributed by atoms with E-state index in [9.17, 15) is 0 Å². The van der Waals surface area contributed by atoms with Gasteiger partial charge in [-0.05, 0) is 151 Å². The Kier molecular flexibility index (Phi) is 77.7. The van der Waals surface area contributed by atoms with E-state index in [2.05, 4.69) is 264 Å². The molecule has 0 saturated carbocycles. The lowest BCUT2D eigenvalue weighted by molar-refractivity contribution is -0.941. The summed E-state index contributed by atoms with van der Waals surface area (Å²) in [5.74, 6) is 0. The molecule has 0 aromatic heterocycles. The Morgan fingerprint density at radius 1 is 0.382 bits per heavy atom. The fourth-order valence-corrected chi connectivity index (χ4v) is 24.1. The summed E-state index contributed by atoms with van der Waals surface area (Å²) < 4.78 is 8.30. The molecule has 0 bridgehead atoms. The predicted octanol–water partition coefficient (Wildman–Crippen LogP) is 15.2. The van der Waals surface area contributed by atoms with E-state index >= 15 is 0 Å². The van der Waals surface area contributed by atoms with Gasteiger partial charge in [-0.1, -0.05) is 307 Å². The Bertz CT molecular complexity index is 2330. The molecule has 0 spiro atoms. The summed E-state index contributed by atoms with van der Waals surface area (Å²) in [4.78, 5) is 0. The van der Waals surface area contributed by atoms with Crippen LogP contribution < -0.4 is 70.1 Å². The van der Waals surface area contributed by atoms with E-state index in [0.717, 1.165) is 6.16 Å². The Morgan fingerprint density at radius 2 is 0.657 bits per heavy atom. The number of benzene rings is 5. The highest BCUT2D eigenvalue weighted by atomic mass is 79.9. The molecule has 0 aliphatic carbocycles. The normalized spacial score (nSPS) is 11.6. The Balaban J connectivity index is -0.000000385. The quantitative estimate of drug-likeness (QED) is 0.0214. The van der Waals surface area contributed by atoms with E-state index in [1.165, 1.54) is 299 Å². The molecule has 5 rings (SSSR count). The summed E-state index contributed by atoms with van der Waals surface area (Å²) in [5, 5.41) is 4.30. The van der Waals surface area contributed by atoms with Gasteiger partial charge in [0.1, 0.15) is 29.7 Å².